The molecule has 2 aromatic carbocycles. The quantitative estimate of drug-likeness (QED) is 0.698. The number of phenols is 1. The summed E-state index contributed by atoms with van der Waals surface area (Å²) in [6.07, 6.45) is 5.06. The number of carbonyl (C=O) groups excluding carboxylic acids is 1. The van der Waals surface area contributed by atoms with E-state index < -0.39 is 0 Å². The maximum absolute atomic E-state index is 13.2. The van der Waals surface area contributed by atoms with Crippen molar-refractivity contribution in [3.63, 3.8) is 0 Å². The number of benzene rings is 2. The highest BCUT2D eigenvalue weighted by Crippen LogP contribution is 2.27. The number of aromatic hydroxyl groups is 1. The number of amides is 1. The minimum Gasteiger partial charge on any atom is -0.508 e. The standard InChI is InChI=1S/C22H24N2O2S/c1-15-23-20-14-17(9-11-21(20)27-15)22(26)24-12-3-2-6-18(24)10-8-16-5-4-7-19(25)13-16/h4-5,7,9,11,13-14,18,25H,2-3,6,8,10,12H2,1H3. The molecule has 5 heteroatoms. The fourth-order valence-electron chi connectivity index (χ4n) is 3.95. The Morgan fingerprint density at radius 1 is 1.26 bits per heavy atom. The second-order valence-corrected chi connectivity index (χ2v) is 8.51. The summed E-state index contributed by atoms with van der Waals surface area (Å²) < 4.78 is 1.13. The van der Waals surface area contributed by atoms with Gasteiger partial charge in [-0.3, -0.25) is 4.79 Å². The third-order valence-electron chi connectivity index (χ3n) is 5.31. The number of hydrogen-bond acceptors (Lipinski definition) is 4. The number of phenolic OH excluding ortho intramolecular Hbond substituents is 1. The van der Waals surface area contributed by atoms with E-state index in [4.69, 9.17) is 0 Å². The van der Waals surface area contributed by atoms with Gasteiger partial charge in [-0.05, 0) is 74.9 Å². The van der Waals surface area contributed by atoms with Gasteiger partial charge in [0.05, 0.1) is 15.2 Å². The van der Waals surface area contributed by atoms with Crippen molar-refractivity contribution in [2.24, 2.45) is 0 Å². The molecule has 1 amide bonds. The van der Waals surface area contributed by atoms with Crippen LogP contribution in [0.4, 0.5) is 0 Å². The van der Waals surface area contributed by atoms with Crippen molar-refractivity contribution in [1.29, 1.82) is 0 Å². The highest BCUT2D eigenvalue weighted by molar-refractivity contribution is 7.18. The van der Waals surface area contributed by atoms with Crippen LogP contribution in [-0.4, -0.2) is 33.5 Å². The molecule has 1 atom stereocenters. The molecule has 0 spiro atoms. The van der Waals surface area contributed by atoms with Gasteiger partial charge in [0.2, 0.25) is 0 Å². The molecule has 27 heavy (non-hydrogen) atoms. The van der Waals surface area contributed by atoms with E-state index in [1.54, 1.807) is 17.4 Å². The molecule has 1 N–H and O–H groups in total. The van der Waals surface area contributed by atoms with E-state index >= 15 is 0 Å². The lowest BCUT2D eigenvalue weighted by Crippen LogP contribution is -2.44. The Hall–Kier alpha value is -2.40. The first-order chi connectivity index (χ1) is 13.1. The lowest BCUT2D eigenvalue weighted by Gasteiger charge is -2.36. The third-order valence-corrected chi connectivity index (χ3v) is 6.26. The first-order valence-electron chi connectivity index (χ1n) is 9.56. The molecule has 0 saturated carbocycles. The highest BCUT2D eigenvalue weighted by Gasteiger charge is 2.27. The van der Waals surface area contributed by atoms with Gasteiger partial charge in [-0.25, -0.2) is 4.98 Å². The third kappa shape index (κ3) is 3.98. The lowest BCUT2D eigenvalue weighted by molar-refractivity contribution is 0.0602. The van der Waals surface area contributed by atoms with Crippen LogP contribution in [0, 0.1) is 6.92 Å². The molecule has 4 rings (SSSR count). The number of thiazole rings is 1. The fraction of sp³-hybridized carbons (Fsp3) is 0.364. The van der Waals surface area contributed by atoms with Crippen LogP contribution in [0.1, 0.15) is 46.6 Å². The number of hydrogen-bond donors (Lipinski definition) is 1. The van der Waals surface area contributed by atoms with Gasteiger partial charge in [0.25, 0.3) is 5.91 Å². The van der Waals surface area contributed by atoms with E-state index in [1.807, 2.05) is 48.2 Å². The highest BCUT2D eigenvalue weighted by atomic mass is 32.1. The molecule has 0 radical (unpaired) electrons. The molecule has 0 bridgehead atoms. The Kier molecular flexibility index (Phi) is 5.12. The second kappa shape index (κ2) is 7.69. The van der Waals surface area contributed by atoms with Crippen molar-refractivity contribution >= 4 is 27.5 Å². The number of aryl methyl sites for hydroxylation is 2. The Balaban J connectivity index is 1.50. The summed E-state index contributed by atoms with van der Waals surface area (Å²) in [6.45, 7) is 2.81. The predicted octanol–water partition coefficient (Wildman–Crippen LogP) is 4.94. The minimum atomic E-state index is 0.114. The maximum atomic E-state index is 13.2. The molecular weight excluding hydrogens is 356 g/mol. The molecule has 0 aliphatic carbocycles. The van der Waals surface area contributed by atoms with Gasteiger partial charge in [0, 0.05) is 18.2 Å². The first kappa shape index (κ1) is 18.0. The number of aromatic nitrogens is 1. The van der Waals surface area contributed by atoms with E-state index in [0.29, 0.717) is 5.75 Å². The molecule has 4 nitrogen and oxygen atoms in total. The van der Waals surface area contributed by atoms with Gasteiger partial charge in [0.15, 0.2) is 0 Å². The van der Waals surface area contributed by atoms with Crippen molar-refractivity contribution in [3.8, 4) is 5.75 Å². The van der Waals surface area contributed by atoms with E-state index in [0.717, 1.165) is 58.6 Å². The van der Waals surface area contributed by atoms with Gasteiger partial charge < -0.3 is 10.0 Å². The Labute approximate surface area is 163 Å². The molecule has 2 heterocycles. The zero-order chi connectivity index (χ0) is 18.8. The van der Waals surface area contributed by atoms with E-state index in [-0.39, 0.29) is 11.9 Å². The Morgan fingerprint density at radius 3 is 3.00 bits per heavy atom. The van der Waals surface area contributed by atoms with Gasteiger partial charge in [0.1, 0.15) is 5.75 Å². The molecule has 1 aliphatic rings. The van der Waals surface area contributed by atoms with Crippen molar-refractivity contribution in [3.05, 3.63) is 58.6 Å². The molecule has 3 aromatic rings. The molecule has 1 aliphatic heterocycles. The summed E-state index contributed by atoms with van der Waals surface area (Å²) in [4.78, 5) is 19.8. The normalized spacial score (nSPS) is 17.4. The smallest absolute Gasteiger partial charge is 0.254 e. The number of piperidine rings is 1. The fourth-order valence-corrected chi connectivity index (χ4v) is 4.76. The molecule has 1 aromatic heterocycles. The Morgan fingerprint density at radius 2 is 2.15 bits per heavy atom. The average molecular weight is 381 g/mol. The molecular formula is C22H24N2O2S. The van der Waals surface area contributed by atoms with Crippen LogP contribution >= 0.6 is 11.3 Å². The summed E-state index contributed by atoms with van der Waals surface area (Å²) in [7, 11) is 0. The molecule has 1 fully saturated rings. The topological polar surface area (TPSA) is 53.4 Å². The maximum Gasteiger partial charge on any atom is 0.254 e. The summed E-state index contributed by atoms with van der Waals surface area (Å²) in [5.74, 6) is 0.416. The predicted molar refractivity (Wildman–Crippen MR) is 109 cm³/mol. The van der Waals surface area contributed by atoms with Gasteiger partial charge in [-0.1, -0.05) is 12.1 Å². The van der Waals surface area contributed by atoms with Crippen LogP contribution in [0.2, 0.25) is 0 Å². The monoisotopic (exact) mass is 380 g/mol. The zero-order valence-corrected chi connectivity index (χ0v) is 16.3. The van der Waals surface area contributed by atoms with Crippen LogP contribution in [0.25, 0.3) is 10.2 Å². The van der Waals surface area contributed by atoms with Crippen molar-refractivity contribution in [1.82, 2.24) is 9.88 Å². The van der Waals surface area contributed by atoms with Crippen LogP contribution in [0.5, 0.6) is 5.75 Å². The van der Waals surface area contributed by atoms with E-state index in [1.165, 1.54) is 6.42 Å². The summed E-state index contributed by atoms with van der Waals surface area (Å²) >= 11 is 1.66. The van der Waals surface area contributed by atoms with Gasteiger partial charge >= 0.3 is 0 Å². The Bertz CT molecular complexity index is 966. The van der Waals surface area contributed by atoms with Crippen LogP contribution in [0.3, 0.4) is 0 Å². The number of nitrogens with zero attached hydrogens (tertiary/aromatic N) is 2. The van der Waals surface area contributed by atoms with Crippen LogP contribution in [0.15, 0.2) is 42.5 Å². The van der Waals surface area contributed by atoms with Crippen molar-refractivity contribution in [2.45, 2.75) is 45.1 Å². The van der Waals surface area contributed by atoms with Crippen LogP contribution < -0.4 is 0 Å². The average Bonchev–Trinajstić information content (AvgIpc) is 3.05. The number of carbonyl (C=O) groups is 1. The molecule has 1 unspecified atom stereocenters. The summed E-state index contributed by atoms with van der Waals surface area (Å²) in [6, 6.07) is 13.5. The zero-order valence-electron chi connectivity index (χ0n) is 15.5. The first-order valence-corrected chi connectivity index (χ1v) is 10.4. The lowest BCUT2D eigenvalue weighted by atomic mass is 9.95. The number of likely N-dealkylation sites (tertiary alicyclic amines) is 1. The van der Waals surface area contributed by atoms with Crippen LogP contribution in [-0.2, 0) is 6.42 Å². The number of rotatable bonds is 4. The van der Waals surface area contributed by atoms with Crippen molar-refractivity contribution in [2.75, 3.05) is 6.54 Å². The molecule has 140 valence electrons. The van der Waals surface area contributed by atoms with E-state index in [9.17, 15) is 9.90 Å². The van der Waals surface area contributed by atoms with E-state index in [2.05, 4.69) is 4.98 Å². The minimum absolute atomic E-state index is 0.114. The summed E-state index contributed by atoms with van der Waals surface area (Å²) in [5, 5.41) is 10.7. The van der Waals surface area contributed by atoms with Crippen molar-refractivity contribution < 1.29 is 9.90 Å². The number of fused-ring (bicyclic) bond motifs is 1. The second-order valence-electron chi connectivity index (χ2n) is 7.27. The van der Waals surface area contributed by atoms with Gasteiger partial charge in [-0.15, -0.1) is 11.3 Å². The molecule has 1 saturated heterocycles. The summed E-state index contributed by atoms with van der Waals surface area (Å²) in [5.41, 5.74) is 2.76. The largest absolute Gasteiger partial charge is 0.508 e. The SMILES string of the molecule is Cc1nc2cc(C(=O)N3CCCCC3CCc3cccc(O)c3)ccc2s1. The van der Waals surface area contributed by atoms with Gasteiger partial charge in [-0.2, -0.15) is 0 Å².